The van der Waals surface area contributed by atoms with E-state index in [1.807, 2.05) is 43.5 Å². The van der Waals surface area contributed by atoms with Crippen molar-refractivity contribution in [3.63, 3.8) is 0 Å². The molecule has 1 aromatic heterocycles. The van der Waals surface area contributed by atoms with E-state index in [1.165, 1.54) is 0 Å². The number of nitrogens with zero attached hydrogens (tertiary/aromatic N) is 2. The number of amides is 1. The molecule has 0 radical (unpaired) electrons. The van der Waals surface area contributed by atoms with E-state index in [1.54, 1.807) is 11.3 Å². The Morgan fingerprint density at radius 3 is 2.61 bits per heavy atom. The summed E-state index contributed by atoms with van der Waals surface area (Å²) in [5, 5.41) is 6.08. The summed E-state index contributed by atoms with van der Waals surface area (Å²) in [4.78, 5) is 19.0. The molecule has 0 unspecified atom stereocenters. The van der Waals surface area contributed by atoms with E-state index in [-0.39, 0.29) is 11.9 Å². The molecule has 0 bridgehead atoms. The van der Waals surface area contributed by atoms with E-state index < -0.39 is 0 Å². The fourth-order valence-corrected chi connectivity index (χ4v) is 3.22. The number of aromatic nitrogens is 1. The maximum absolute atomic E-state index is 12.4. The van der Waals surface area contributed by atoms with Crippen molar-refractivity contribution in [3.8, 4) is 11.3 Å². The van der Waals surface area contributed by atoms with Crippen molar-refractivity contribution >= 4 is 22.9 Å². The highest BCUT2D eigenvalue weighted by molar-refractivity contribution is 7.09. The van der Waals surface area contributed by atoms with E-state index in [4.69, 9.17) is 4.74 Å². The Bertz CT molecular complexity index is 663. The third kappa shape index (κ3) is 3.96. The van der Waals surface area contributed by atoms with Crippen LogP contribution in [0.5, 0.6) is 0 Å². The third-order valence-electron chi connectivity index (χ3n) is 4.04. The molecule has 1 saturated heterocycles. The summed E-state index contributed by atoms with van der Waals surface area (Å²) in [6.07, 6.45) is 0. The van der Waals surface area contributed by atoms with Gasteiger partial charge in [-0.25, -0.2) is 4.98 Å². The summed E-state index contributed by atoms with van der Waals surface area (Å²) in [6, 6.07) is 7.68. The lowest BCUT2D eigenvalue weighted by molar-refractivity contribution is -0.122. The summed E-state index contributed by atoms with van der Waals surface area (Å²) >= 11 is 1.64. The van der Waals surface area contributed by atoms with Crippen LogP contribution < -0.4 is 5.32 Å². The van der Waals surface area contributed by atoms with Gasteiger partial charge in [0, 0.05) is 29.7 Å². The molecule has 1 aliphatic rings. The van der Waals surface area contributed by atoms with E-state index >= 15 is 0 Å². The van der Waals surface area contributed by atoms with Gasteiger partial charge >= 0.3 is 0 Å². The predicted molar refractivity (Wildman–Crippen MR) is 92.8 cm³/mol. The minimum Gasteiger partial charge on any atom is -0.379 e. The van der Waals surface area contributed by atoms with Gasteiger partial charge in [0.15, 0.2) is 0 Å². The van der Waals surface area contributed by atoms with E-state index in [0.29, 0.717) is 13.2 Å². The highest BCUT2D eigenvalue weighted by Gasteiger charge is 2.23. The van der Waals surface area contributed by atoms with Gasteiger partial charge < -0.3 is 10.1 Å². The van der Waals surface area contributed by atoms with Gasteiger partial charge in [-0.3, -0.25) is 9.69 Å². The van der Waals surface area contributed by atoms with Gasteiger partial charge in [-0.05, 0) is 26.0 Å². The standard InChI is InChI=1S/C17H21N3O2S/c1-12(20-7-9-22-10-8-20)17(21)19-15-5-3-14(4-6-15)16-11-23-13(2)18-16/h3-6,11-12H,7-10H2,1-2H3,(H,19,21)/t12-/m1/s1. The number of rotatable bonds is 4. The van der Waals surface area contributed by atoms with Crippen LogP contribution in [0.25, 0.3) is 11.3 Å². The molecule has 5 nitrogen and oxygen atoms in total. The van der Waals surface area contributed by atoms with Crippen LogP contribution in [0.1, 0.15) is 11.9 Å². The van der Waals surface area contributed by atoms with Crippen LogP contribution in [0.2, 0.25) is 0 Å². The van der Waals surface area contributed by atoms with Gasteiger partial charge in [-0.1, -0.05) is 12.1 Å². The quantitative estimate of drug-likeness (QED) is 0.936. The van der Waals surface area contributed by atoms with Crippen molar-refractivity contribution in [1.82, 2.24) is 9.88 Å². The second kappa shape index (κ2) is 7.21. The molecule has 1 amide bonds. The summed E-state index contributed by atoms with van der Waals surface area (Å²) < 4.78 is 5.33. The number of hydrogen-bond acceptors (Lipinski definition) is 5. The second-order valence-electron chi connectivity index (χ2n) is 5.64. The molecule has 1 N–H and O–H groups in total. The lowest BCUT2D eigenvalue weighted by Gasteiger charge is -2.31. The summed E-state index contributed by atoms with van der Waals surface area (Å²) in [7, 11) is 0. The molecule has 0 spiro atoms. The Morgan fingerprint density at radius 1 is 1.30 bits per heavy atom. The second-order valence-corrected chi connectivity index (χ2v) is 6.70. The molecule has 122 valence electrons. The Morgan fingerprint density at radius 2 is 2.00 bits per heavy atom. The molecule has 0 aliphatic carbocycles. The Hall–Kier alpha value is -1.76. The first-order valence-corrected chi connectivity index (χ1v) is 8.66. The smallest absolute Gasteiger partial charge is 0.241 e. The van der Waals surface area contributed by atoms with Crippen LogP contribution >= 0.6 is 11.3 Å². The van der Waals surface area contributed by atoms with Gasteiger partial charge in [0.1, 0.15) is 0 Å². The molecule has 2 heterocycles. The number of benzene rings is 1. The zero-order valence-electron chi connectivity index (χ0n) is 13.4. The number of anilines is 1. The number of aryl methyl sites for hydroxylation is 1. The van der Waals surface area contributed by atoms with Crippen molar-refractivity contribution < 1.29 is 9.53 Å². The molecular formula is C17H21N3O2S. The van der Waals surface area contributed by atoms with Crippen molar-refractivity contribution in [2.45, 2.75) is 19.9 Å². The minimum absolute atomic E-state index is 0.0177. The first-order valence-electron chi connectivity index (χ1n) is 7.79. The topological polar surface area (TPSA) is 54.5 Å². The zero-order chi connectivity index (χ0) is 16.2. The molecule has 1 fully saturated rings. The van der Waals surface area contributed by atoms with Crippen LogP contribution in [-0.4, -0.2) is 48.1 Å². The molecule has 6 heteroatoms. The molecule has 1 aliphatic heterocycles. The van der Waals surface area contributed by atoms with Gasteiger partial charge in [0.25, 0.3) is 0 Å². The fraction of sp³-hybridized carbons (Fsp3) is 0.412. The Kier molecular flexibility index (Phi) is 5.05. The van der Waals surface area contributed by atoms with Gasteiger partial charge in [-0.2, -0.15) is 0 Å². The monoisotopic (exact) mass is 331 g/mol. The maximum atomic E-state index is 12.4. The molecule has 2 aromatic rings. The summed E-state index contributed by atoms with van der Waals surface area (Å²) in [5.41, 5.74) is 2.85. The fourth-order valence-electron chi connectivity index (χ4n) is 2.60. The summed E-state index contributed by atoms with van der Waals surface area (Å²) in [6.45, 7) is 6.93. The van der Waals surface area contributed by atoms with Gasteiger partial charge in [0.2, 0.25) is 5.91 Å². The van der Waals surface area contributed by atoms with Crippen LogP contribution in [-0.2, 0) is 9.53 Å². The van der Waals surface area contributed by atoms with Crippen LogP contribution in [0.3, 0.4) is 0 Å². The number of thiazole rings is 1. The van der Waals surface area contributed by atoms with Gasteiger partial charge in [-0.15, -0.1) is 11.3 Å². The average molecular weight is 331 g/mol. The van der Waals surface area contributed by atoms with Crippen LogP contribution in [0.4, 0.5) is 5.69 Å². The Balaban J connectivity index is 1.62. The first kappa shape index (κ1) is 16.1. The minimum atomic E-state index is -0.153. The highest BCUT2D eigenvalue weighted by atomic mass is 32.1. The first-order chi connectivity index (χ1) is 11.1. The van der Waals surface area contributed by atoms with Crippen molar-refractivity contribution in [1.29, 1.82) is 0 Å². The SMILES string of the molecule is Cc1nc(-c2ccc(NC(=O)[C@@H](C)N3CCOCC3)cc2)cs1. The highest BCUT2D eigenvalue weighted by Crippen LogP contribution is 2.23. The number of hydrogen-bond donors (Lipinski definition) is 1. The number of nitrogens with one attached hydrogen (secondary N) is 1. The maximum Gasteiger partial charge on any atom is 0.241 e. The molecule has 0 saturated carbocycles. The van der Waals surface area contributed by atoms with Gasteiger partial charge in [0.05, 0.1) is 30.0 Å². The zero-order valence-corrected chi connectivity index (χ0v) is 14.2. The van der Waals surface area contributed by atoms with Crippen molar-refractivity contribution in [2.24, 2.45) is 0 Å². The third-order valence-corrected chi connectivity index (χ3v) is 4.81. The number of carbonyl (C=O) groups is 1. The number of morpholine rings is 1. The molecular weight excluding hydrogens is 310 g/mol. The molecule has 3 rings (SSSR count). The van der Waals surface area contributed by atoms with Crippen LogP contribution in [0.15, 0.2) is 29.6 Å². The molecule has 1 atom stereocenters. The van der Waals surface area contributed by atoms with Crippen LogP contribution in [0, 0.1) is 6.92 Å². The summed E-state index contributed by atoms with van der Waals surface area (Å²) in [5.74, 6) is 0.0177. The van der Waals surface area contributed by atoms with E-state index in [9.17, 15) is 4.79 Å². The molecule has 23 heavy (non-hydrogen) atoms. The lowest BCUT2D eigenvalue weighted by atomic mass is 10.1. The normalized spacial score (nSPS) is 17.0. The lowest BCUT2D eigenvalue weighted by Crippen LogP contribution is -2.47. The number of carbonyl (C=O) groups excluding carboxylic acids is 1. The van der Waals surface area contributed by atoms with Crippen molar-refractivity contribution in [2.75, 3.05) is 31.6 Å². The predicted octanol–water partition coefficient (Wildman–Crippen LogP) is 2.78. The van der Waals surface area contributed by atoms with Crippen molar-refractivity contribution in [3.05, 3.63) is 34.7 Å². The van der Waals surface area contributed by atoms with E-state index in [2.05, 4.69) is 15.2 Å². The largest absolute Gasteiger partial charge is 0.379 e. The molecule has 1 aromatic carbocycles. The van der Waals surface area contributed by atoms with E-state index in [0.717, 1.165) is 35.0 Å². The number of ether oxygens (including phenoxy) is 1. The average Bonchev–Trinajstić information content (AvgIpc) is 3.02. The Labute approximate surface area is 140 Å².